The maximum absolute atomic E-state index is 13.0. The number of hydrogen-bond acceptors (Lipinski definition) is 4. The second-order valence-electron chi connectivity index (χ2n) is 7.36. The average Bonchev–Trinajstić information content (AvgIpc) is 2.99. The molecular formula is C22H18N2O4. The molecule has 1 saturated heterocycles. The summed E-state index contributed by atoms with van der Waals surface area (Å²) in [4.78, 5) is 39.6. The Balaban J connectivity index is 1.42. The van der Waals surface area contributed by atoms with Crippen molar-refractivity contribution in [3.8, 4) is 0 Å². The van der Waals surface area contributed by atoms with Gasteiger partial charge in [-0.1, -0.05) is 36.4 Å². The number of likely N-dealkylation sites (tertiary alicyclic amines) is 1. The summed E-state index contributed by atoms with van der Waals surface area (Å²) in [6, 6.07) is 16.4. The van der Waals surface area contributed by atoms with E-state index in [0.717, 1.165) is 11.3 Å². The van der Waals surface area contributed by atoms with Gasteiger partial charge in [0.1, 0.15) is 11.1 Å². The SMILES string of the molecule is O=C(c1cc2ccccc2oc1=O)N1CCC2(CC1)C(=O)Nc1ccccc12. The van der Waals surface area contributed by atoms with Crippen molar-refractivity contribution in [2.24, 2.45) is 0 Å². The molecule has 140 valence electrons. The number of piperidine rings is 1. The van der Waals surface area contributed by atoms with E-state index in [4.69, 9.17) is 4.42 Å². The maximum Gasteiger partial charge on any atom is 0.349 e. The Hall–Kier alpha value is -3.41. The van der Waals surface area contributed by atoms with Crippen LogP contribution in [0.1, 0.15) is 28.8 Å². The Kier molecular flexibility index (Phi) is 3.62. The lowest BCUT2D eigenvalue weighted by molar-refractivity contribution is -0.122. The van der Waals surface area contributed by atoms with Gasteiger partial charge in [-0.2, -0.15) is 0 Å². The number of nitrogens with one attached hydrogen (secondary N) is 1. The van der Waals surface area contributed by atoms with Crippen LogP contribution in [0.5, 0.6) is 0 Å². The number of amides is 2. The summed E-state index contributed by atoms with van der Waals surface area (Å²) in [6.45, 7) is 0.819. The minimum absolute atomic E-state index is 0.00832. The van der Waals surface area contributed by atoms with Crippen LogP contribution in [0.25, 0.3) is 11.0 Å². The molecule has 0 unspecified atom stereocenters. The zero-order valence-electron chi connectivity index (χ0n) is 15.1. The van der Waals surface area contributed by atoms with Gasteiger partial charge in [0.15, 0.2) is 0 Å². The van der Waals surface area contributed by atoms with Crippen LogP contribution in [0.4, 0.5) is 5.69 Å². The third-order valence-corrected chi connectivity index (χ3v) is 5.90. The highest BCUT2D eigenvalue weighted by Crippen LogP contribution is 2.44. The lowest BCUT2D eigenvalue weighted by Gasteiger charge is -2.37. The highest BCUT2D eigenvalue weighted by atomic mass is 16.4. The first-order valence-corrected chi connectivity index (χ1v) is 9.32. The Morgan fingerprint density at radius 1 is 1.00 bits per heavy atom. The molecule has 1 fully saturated rings. The quantitative estimate of drug-likeness (QED) is 0.664. The molecule has 0 saturated carbocycles. The van der Waals surface area contributed by atoms with Gasteiger partial charge >= 0.3 is 5.63 Å². The van der Waals surface area contributed by atoms with Crippen LogP contribution in [0.3, 0.4) is 0 Å². The van der Waals surface area contributed by atoms with Crippen LogP contribution in [0.2, 0.25) is 0 Å². The highest BCUT2D eigenvalue weighted by molar-refractivity contribution is 6.06. The summed E-state index contributed by atoms with van der Waals surface area (Å²) in [5.74, 6) is -0.355. The van der Waals surface area contributed by atoms with E-state index >= 15 is 0 Å². The van der Waals surface area contributed by atoms with E-state index in [2.05, 4.69) is 5.32 Å². The van der Waals surface area contributed by atoms with Gasteiger partial charge in [0.05, 0.1) is 5.41 Å². The van der Waals surface area contributed by atoms with Gasteiger partial charge in [0, 0.05) is 24.2 Å². The lowest BCUT2D eigenvalue weighted by atomic mass is 9.73. The molecule has 0 bridgehead atoms. The van der Waals surface area contributed by atoms with Crippen molar-refractivity contribution < 1.29 is 14.0 Å². The van der Waals surface area contributed by atoms with Gasteiger partial charge in [0.2, 0.25) is 5.91 Å². The van der Waals surface area contributed by atoms with E-state index in [1.54, 1.807) is 29.2 Å². The minimum Gasteiger partial charge on any atom is -0.422 e. The summed E-state index contributed by atoms with van der Waals surface area (Å²) in [6.07, 6.45) is 1.06. The summed E-state index contributed by atoms with van der Waals surface area (Å²) < 4.78 is 5.29. The van der Waals surface area contributed by atoms with Crippen molar-refractivity contribution in [3.63, 3.8) is 0 Å². The van der Waals surface area contributed by atoms with E-state index in [9.17, 15) is 14.4 Å². The van der Waals surface area contributed by atoms with E-state index < -0.39 is 11.0 Å². The summed E-state index contributed by atoms with van der Waals surface area (Å²) in [5, 5.41) is 3.67. The van der Waals surface area contributed by atoms with Gasteiger partial charge in [-0.15, -0.1) is 0 Å². The largest absolute Gasteiger partial charge is 0.422 e. The molecule has 28 heavy (non-hydrogen) atoms. The first-order chi connectivity index (χ1) is 13.6. The lowest BCUT2D eigenvalue weighted by Crippen LogP contribution is -2.48. The molecule has 2 aliphatic rings. The number of rotatable bonds is 1. The maximum atomic E-state index is 13.0. The Morgan fingerprint density at radius 2 is 1.71 bits per heavy atom. The monoisotopic (exact) mass is 374 g/mol. The fourth-order valence-corrected chi connectivity index (χ4v) is 4.34. The Labute approximate surface area is 160 Å². The van der Waals surface area contributed by atoms with Crippen molar-refractivity contribution in [3.05, 3.63) is 76.1 Å². The van der Waals surface area contributed by atoms with Crippen molar-refractivity contribution in [1.82, 2.24) is 4.90 Å². The Morgan fingerprint density at radius 3 is 2.54 bits per heavy atom. The van der Waals surface area contributed by atoms with Crippen LogP contribution in [-0.2, 0) is 10.2 Å². The van der Waals surface area contributed by atoms with Gasteiger partial charge in [-0.3, -0.25) is 9.59 Å². The number of para-hydroxylation sites is 2. The second kappa shape index (κ2) is 6.05. The minimum atomic E-state index is -0.632. The molecule has 2 aromatic carbocycles. The van der Waals surface area contributed by atoms with Crippen molar-refractivity contribution in [1.29, 1.82) is 0 Å². The molecule has 2 amide bonds. The summed E-state index contributed by atoms with van der Waals surface area (Å²) >= 11 is 0. The molecule has 0 atom stereocenters. The van der Waals surface area contributed by atoms with Crippen LogP contribution >= 0.6 is 0 Å². The van der Waals surface area contributed by atoms with Crippen LogP contribution < -0.4 is 10.9 Å². The van der Waals surface area contributed by atoms with Crippen LogP contribution in [0, 0.1) is 0 Å². The molecule has 6 heteroatoms. The predicted molar refractivity (Wildman–Crippen MR) is 104 cm³/mol. The molecule has 2 aliphatic heterocycles. The summed E-state index contributed by atoms with van der Waals surface area (Å²) in [7, 11) is 0. The molecule has 0 radical (unpaired) electrons. The third kappa shape index (κ3) is 2.37. The first-order valence-electron chi connectivity index (χ1n) is 9.32. The number of carbonyl (C=O) groups excluding carboxylic acids is 2. The number of benzene rings is 2. The van der Waals surface area contributed by atoms with E-state index in [0.29, 0.717) is 36.9 Å². The van der Waals surface area contributed by atoms with Gasteiger partial charge < -0.3 is 14.6 Å². The van der Waals surface area contributed by atoms with Gasteiger partial charge in [-0.25, -0.2) is 4.79 Å². The molecule has 0 aliphatic carbocycles. The molecule has 1 N–H and O–H groups in total. The zero-order chi connectivity index (χ0) is 19.3. The fraction of sp³-hybridized carbons (Fsp3) is 0.227. The predicted octanol–water partition coefficient (Wildman–Crippen LogP) is 2.92. The number of hydrogen-bond donors (Lipinski definition) is 1. The zero-order valence-corrected chi connectivity index (χ0v) is 15.1. The standard InChI is InChI=1S/C22H18N2O4/c25-19(15-13-14-5-1-4-8-18(14)28-20(15)26)24-11-9-22(10-12-24)16-6-2-3-7-17(16)23-21(22)27/h1-8,13H,9-12H2,(H,23,27). The Bertz CT molecular complexity index is 1170. The highest BCUT2D eigenvalue weighted by Gasteiger charge is 2.48. The number of carbonyl (C=O) groups is 2. The van der Waals surface area contributed by atoms with Crippen molar-refractivity contribution in [2.45, 2.75) is 18.3 Å². The molecule has 3 aromatic rings. The van der Waals surface area contributed by atoms with Gasteiger partial charge in [0.25, 0.3) is 5.91 Å². The van der Waals surface area contributed by atoms with Crippen molar-refractivity contribution >= 4 is 28.5 Å². The third-order valence-electron chi connectivity index (χ3n) is 5.90. The van der Waals surface area contributed by atoms with E-state index in [1.807, 2.05) is 30.3 Å². The normalized spacial score (nSPS) is 17.6. The molecular weight excluding hydrogens is 356 g/mol. The smallest absolute Gasteiger partial charge is 0.349 e. The number of nitrogens with zero attached hydrogens (tertiary/aromatic N) is 1. The molecule has 6 nitrogen and oxygen atoms in total. The van der Waals surface area contributed by atoms with Crippen molar-refractivity contribution in [2.75, 3.05) is 18.4 Å². The molecule has 1 spiro atoms. The fourth-order valence-electron chi connectivity index (χ4n) is 4.34. The van der Waals surface area contributed by atoms with Gasteiger partial charge in [-0.05, 0) is 36.6 Å². The molecule has 5 rings (SSSR count). The topological polar surface area (TPSA) is 79.6 Å². The van der Waals surface area contributed by atoms with Crippen LogP contribution in [0.15, 0.2) is 63.8 Å². The van der Waals surface area contributed by atoms with E-state index in [-0.39, 0.29) is 17.4 Å². The first kappa shape index (κ1) is 16.7. The number of anilines is 1. The van der Waals surface area contributed by atoms with Crippen LogP contribution in [-0.4, -0.2) is 29.8 Å². The van der Waals surface area contributed by atoms with E-state index in [1.165, 1.54) is 0 Å². The average molecular weight is 374 g/mol. The molecule has 1 aromatic heterocycles. The molecule has 3 heterocycles. The summed E-state index contributed by atoms with van der Waals surface area (Å²) in [5.41, 5.74) is 1.11. The second-order valence-corrected chi connectivity index (χ2v) is 7.36. The number of fused-ring (bicyclic) bond motifs is 3.